The van der Waals surface area contributed by atoms with E-state index in [-0.39, 0.29) is 5.69 Å². The van der Waals surface area contributed by atoms with Crippen LogP contribution in [-0.2, 0) is 0 Å². The standard InChI is InChI=1S/C14H15N3O2S/c1-17(9-6-7-20-8-9)13-10-4-2-3-5-11(10)15-16-12(13)14(18)19/h2-5,9H,6-8H2,1H3,(H,18,19). The largest absolute Gasteiger partial charge is 0.476 e. The summed E-state index contributed by atoms with van der Waals surface area (Å²) in [4.78, 5) is 13.5. The number of fused-ring (bicyclic) bond motifs is 1. The van der Waals surface area contributed by atoms with Gasteiger partial charge in [-0.15, -0.1) is 10.2 Å². The first-order valence-electron chi connectivity index (χ1n) is 6.48. The Bertz CT molecular complexity index is 656. The summed E-state index contributed by atoms with van der Waals surface area (Å²) >= 11 is 1.90. The number of hydrogen-bond donors (Lipinski definition) is 1. The third-order valence-electron chi connectivity index (χ3n) is 3.65. The minimum Gasteiger partial charge on any atom is -0.476 e. The Morgan fingerprint density at radius 2 is 2.20 bits per heavy atom. The van der Waals surface area contributed by atoms with Gasteiger partial charge in [-0.25, -0.2) is 4.79 Å². The zero-order chi connectivity index (χ0) is 14.1. The van der Waals surface area contributed by atoms with Crippen LogP contribution in [0.2, 0.25) is 0 Å². The van der Waals surface area contributed by atoms with Crippen LogP contribution in [0.1, 0.15) is 16.9 Å². The molecule has 0 saturated carbocycles. The Balaban J connectivity index is 2.18. The van der Waals surface area contributed by atoms with Gasteiger partial charge in [-0.2, -0.15) is 11.8 Å². The average molecular weight is 289 g/mol. The van der Waals surface area contributed by atoms with E-state index in [0.29, 0.717) is 11.7 Å². The summed E-state index contributed by atoms with van der Waals surface area (Å²) in [6.07, 6.45) is 1.07. The normalized spacial score (nSPS) is 18.4. The molecule has 1 aromatic heterocycles. The lowest BCUT2D eigenvalue weighted by atomic mass is 10.1. The minimum atomic E-state index is -1.03. The van der Waals surface area contributed by atoms with E-state index < -0.39 is 5.97 Å². The lowest BCUT2D eigenvalue weighted by Gasteiger charge is -2.27. The summed E-state index contributed by atoms with van der Waals surface area (Å²) in [7, 11) is 1.95. The predicted molar refractivity (Wildman–Crippen MR) is 80.6 cm³/mol. The fourth-order valence-electron chi connectivity index (χ4n) is 2.55. The number of rotatable bonds is 3. The molecule has 1 fully saturated rings. The van der Waals surface area contributed by atoms with E-state index >= 15 is 0 Å². The zero-order valence-corrected chi connectivity index (χ0v) is 11.9. The van der Waals surface area contributed by atoms with Crippen molar-refractivity contribution in [2.24, 2.45) is 0 Å². The summed E-state index contributed by atoms with van der Waals surface area (Å²) in [5.74, 6) is 1.11. The molecular formula is C14H15N3O2S. The lowest BCUT2D eigenvalue weighted by Crippen LogP contribution is -2.33. The van der Waals surface area contributed by atoms with E-state index in [4.69, 9.17) is 0 Å². The van der Waals surface area contributed by atoms with Crippen LogP contribution in [-0.4, -0.2) is 45.9 Å². The fourth-order valence-corrected chi connectivity index (χ4v) is 3.82. The van der Waals surface area contributed by atoms with Crippen LogP contribution in [0.5, 0.6) is 0 Å². The highest BCUT2D eigenvalue weighted by Crippen LogP contribution is 2.32. The third-order valence-corrected chi connectivity index (χ3v) is 4.79. The molecule has 1 aliphatic rings. The first-order chi connectivity index (χ1) is 9.68. The van der Waals surface area contributed by atoms with Crippen molar-refractivity contribution in [2.45, 2.75) is 12.5 Å². The average Bonchev–Trinajstić information content (AvgIpc) is 2.99. The summed E-state index contributed by atoms with van der Waals surface area (Å²) < 4.78 is 0. The Hall–Kier alpha value is -1.82. The maximum Gasteiger partial charge on any atom is 0.358 e. The highest BCUT2D eigenvalue weighted by molar-refractivity contribution is 7.99. The van der Waals surface area contributed by atoms with Crippen LogP contribution in [0.15, 0.2) is 24.3 Å². The van der Waals surface area contributed by atoms with Gasteiger partial charge >= 0.3 is 5.97 Å². The van der Waals surface area contributed by atoms with Gasteiger partial charge < -0.3 is 10.0 Å². The third kappa shape index (κ3) is 2.20. The van der Waals surface area contributed by atoms with E-state index in [9.17, 15) is 9.90 Å². The molecule has 6 heteroatoms. The molecule has 1 aromatic carbocycles. The number of hydrogen-bond acceptors (Lipinski definition) is 5. The zero-order valence-electron chi connectivity index (χ0n) is 11.1. The predicted octanol–water partition coefficient (Wildman–Crippen LogP) is 2.27. The van der Waals surface area contributed by atoms with Gasteiger partial charge in [-0.1, -0.05) is 18.2 Å². The molecule has 2 heterocycles. The summed E-state index contributed by atoms with van der Waals surface area (Å²) in [6.45, 7) is 0. The van der Waals surface area contributed by atoms with Gasteiger partial charge in [0.1, 0.15) is 0 Å². The molecule has 1 atom stereocenters. The summed E-state index contributed by atoms with van der Waals surface area (Å²) in [5, 5.41) is 18.1. The van der Waals surface area contributed by atoms with Gasteiger partial charge in [-0.3, -0.25) is 0 Å². The number of benzene rings is 1. The van der Waals surface area contributed by atoms with E-state index in [0.717, 1.165) is 28.8 Å². The molecule has 104 valence electrons. The second-order valence-electron chi connectivity index (χ2n) is 4.85. The van der Waals surface area contributed by atoms with Crippen molar-refractivity contribution in [1.29, 1.82) is 0 Å². The quantitative estimate of drug-likeness (QED) is 0.935. The van der Waals surface area contributed by atoms with Crippen LogP contribution in [0.25, 0.3) is 10.9 Å². The fraction of sp³-hybridized carbons (Fsp3) is 0.357. The molecule has 5 nitrogen and oxygen atoms in total. The van der Waals surface area contributed by atoms with Gasteiger partial charge in [0.2, 0.25) is 0 Å². The first-order valence-corrected chi connectivity index (χ1v) is 7.63. The van der Waals surface area contributed by atoms with E-state index in [1.54, 1.807) is 0 Å². The van der Waals surface area contributed by atoms with Crippen molar-refractivity contribution >= 4 is 34.3 Å². The number of aromatic carboxylic acids is 1. The van der Waals surface area contributed by atoms with E-state index in [2.05, 4.69) is 15.1 Å². The molecule has 0 bridgehead atoms. The second kappa shape index (κ2) is 5.28. The molecule has 0 amide bonds. The molecule has 0 aliphatic carbocycles. The van der Waals surface area contributed by atoms with Crippen molar-refractivity contribution in [3.8, 4) is 0 Å². The van der Waals surface area contributed by atoms with Crippen molar-refractivity contribution in [2.75, 3.05) is 23.5 Å². The van der Waals surface area contributed by atoms with Crippen LogP contribution in [0, 0.1) is 0 Å². The Morgan fingerprint density at radius 3 is 2.90 bits per heavy atom. The second-order valence-corrected chi connectivity index (χ2v) is 6.00. The molecule has 1 aliphatic heterocycles. The highest BCUT2D eigenvalue weighted by atomic mass is 32.2. The first kappa shape index (κ1) is 13.2. The molecule has 0 radical (unpaired) electrons. The maximum atomic E-state index is 11.5. The molecule has 20 heavy (non-hydrogen) atoms. The molecule has 1 unspecified atom stereocenters. The molecule has 1 N–H and O–H groups in total. The molecule has 0 spiro atoms. The highest BCUT2D eigenvalue weighted by Gasteiger charge is 2.26. The maximum absolute atomic E-state index is 11.5. The van der Waals surface area contributed by atoms with Gasteiger partial charge in [-0.05, 0) is 18.2 Å². The Kier molecular flexibility index (Phi) is 3.48. The van der Waals surface area contributed by atoms with Crippen LogP contribution in [0.3, 0.4) is 0 Å². The Labute approximate surface area is 121 Å². The van der Waals surface area contributed by atoms with Crippen LogP contribution < -0.4 is 4.90 Å². The van der Waals surface area contributed by atoms with E-state index in [1.807, 2.05) is 43.1 Å². The number of carboxylic acids is 1. The van der Waals surface area contributed by atoms with Gasteiger partial charge in [0.25, 0.3) is 0 Å². The SMILES string of the molecule is CN(c1c(C(=O)O)nnc2ccccc12)C1CCSC1. The number of carbonyl (C=O) groups is 1. The number of thioether (sulfide) groups is 1. The molecular weight excluding hydrogens is 274 g/mol. The molecule has 2 aromatic rings. The smallest absolute Gasteiger partial charge is 0.358 e. The van der Waals surface area contributed by atoms with Gasteiger partial charge in [0.05, 0.1) is 11.2 Å². The van der Waals surface area contributed by atoms with Gasteiger partial charge in [0.15, 0.2) is 5.69 Å². The van der Waals surface area contributed by atoms with Crippen molar-refractivity contribution in [3.63, 3.8) is 0 Å². The number of aromatic nitrogens is 2. The van der Waals surface area contributed by atoms with E-state index in [1.165, 1.54) is 0 Å². The number of carboxylic acid groups (broad SMARTS) is 1. The monoisotopic (exact) mass is 289 g/mol. The van der Waals surface area contributed by atoms with Crippen LogP contribution in [0.4, 0.5) is 5.69 Å². The summed E-state index contributed by atoms with van der Waals surface area (Å²) in [5.41, 5.74) is 1.43. The lowest BCUT2D eigenvalue weighted by molar-refractivity contribution is 0.0690. The van der Waals surface area contributed by atoms with Gasteiger partial charge in [0, 0.05) is 24.2 Å². The van der Waals surface area contributed by atoms with Crippen molar-refractivity contribution in [1.82, 2.24) is 10.2 Å². The van der Waals surface area contributed by atoms with Crippen molar-refractivity contribution < 1.29 is 9.90 Å². The minimum absolute atomic E-state index is 0.0306. The molecule has 1 saturated heterocycles. The molecule has 3 rings (SSSR count). The topological polar surface area (TPSA) is 66.3 Å². The van der Waals surface area contributed by atoms with Crippen LogP contribution >= 0.6 is 11.8 Å². The van der Waals surface area contributed by atoms with Crippen molar-refractivity contribution in [3.05, 3.63) is 30.0 Å². The summed E-state index contributed by atoms with van der Waals surface area (Å²) in [6, 6.07) is 7.90. The number of anilines is 1. The number of nitrogens with zero attached hydrogens (tertiary/aromatic N) is 3. The Morgan fingerprint density at radius 1 is 1.40 bits per heavy atom.